The van der Waals surface area contributed by atoms with Gasteiger partial charge in [0, 0.05) is 53.4 Å². The highest BCUT2D eigenvalue weighted by Crippen LogP contribution is 2.38. The number of urea groups is 1. The molecule has 1 fully saturated rings. The normalized spacial score (nSPS) is 15.1. The summed E-state index contributed by atoms with van der Waals surface area (Å²) in [5.74, 6) is 2.41. The first-order valence-electron chi connectivity index (χ1n) is 12.8. The van der Waals surface area contributed by atoms with E-state index in [1.165, 1.54) is 0 Å². The molecule has 9 heteroatoms. The van der Waals surface area contributed by atoms with Gasteiger partial charge in [0.25, 0.3) is 0 Å². The Kier molecular flexibility index (Phi) is 7.69. The number of ether oxygens (including phenoxy) is 3. The lowest BCUT2D eigenvalue weighted by Gasteiger charge is -2.15. The molecule has 0 saturated carbocycles. The van der Waals surface area contributed by atoms with Gasteiger partial charge in [-0.1, -0.05) is 6.07 Å². The van der Waals surface area contributed by atoms with Crippen molar-refractivity contribution in [2.45, 2.75) is 19.4 Å². The van der Waals surface area contributed by atoms with Crippen LogP contribution >= 0.6 is 0 Å². The predicted molar refractivity (Wildman–Crippen MR) is 155 cm³/mol. The molecule has 1 aliphatic heterocycles. The van der Waals surface area contributed by atoms with Crippen LogP contribution in [-0.2, 0) is 0 Å². The Balaban J connectivity index is 1.26. The summed E-state index contributed by atoms with van der Waals surface area (Å²) in [5, 5.41) is 10.1. The summed E-state index contributed by atoms with van der Waals surface area (Å²) in [6, 6.07) is 18.8. The molecule has 1 aliphatic rings. The molecule has 0 spiro atoms. The molecule has 0 radical (unpaired) electrons. The number of aryl methyl sites for hydroxylation is 1. The third-order valence-electron chi connectivity index (χ3n) is 6.78. The molecule has 1 atom stereocenters. The van der Waals surface area contributed by atoms with Crippen molar-refractivity contribution in [3.63, 3.8) is 0 Å². The highest BCUT2D eigenvalue weighted by Gasteiger charge is 2.19. The number of hydrogen-bond donors (Lipinski definition) is 3. The number of anilines is 3. The minimum atomic E-state index is -0.339. The second-order valence-electron chi connectivity index (χ2n) is 9.66. The van der Waals surface area contributed by atoms with Crippen molar-refractivity contribution in [1.82, 2.24) is 9.88 Å². The zero-order valence-electron chi connectivity index (χ0n) is 22.6. The van der Waals surface area contributed by atoms with E-state index in [1.807, 2.05) is 55.5 Å². The van der Waals surface area contributed by atoms with Crippen LogP contribution in [0.5, 0.6) is 23.0 Å². The zero-order valence-corrected chi connectivity index (χ0v) is 22.6. The van der Waals surface area contributed by atoms with Crippen LogP contribution in [0.4, 0.5) is 21.9 Å². The van der Waals surface area contributed by atoms with Crippen molar-refractivity contribution in [1.29, 1.82) is 0 Å². The smallest absolute Gasteiger partial charge is 0.323 e. The van der Waals surface area contributed by atoms with Gasteiger partial charge in [-0.25, -0.2) is 4.79 Å². The van der Waals surface area contributed by atoms with Crippen molar-refractivity contribution in [2.75, 3.05) is 50.3 Å². The van der Waals surface area contributed by atoms with E-state index in [1.54, 1.807) is 32.5 Å². The van der Waals surface area contributed by atoms with Crippen molar-refractivity contribution < 1.29 is 19.0 Å². The molecule has 5 rings (SSSR count). The number of pyridine rings is 1. The first-order valence-corrected chi connectivity index (χ1v) is 12.8. The average molecular weight is 528 g/mol. The molecule has 0 aliphatic carbocycles. The first kappa shape index (κ1) is 26.1. The Morgan fingerprint density at radius 3 is 2.28 bits per heavy atom. The number of carbonyl (C=O) groups excluding carboxylic acids is 1. The predicted octanol–water partition coefficient (Wildman–Crippen LogP) is 6.11. The number of likely N-dealkylation sites (N-methyl/N-ethyl adjacent to an activating group) is 1. The number of aromatic nitrogens is 1. The van der Waals surface area contributed by atoms with E-state index in [4.69, 9.17) is 14.2 Å². The van der Waals surface area contributed by atoms with Crippen molar-refractivity contribution in [3.8, 4) is 23.0 Å². The van der Waals surface area contributed by atoms with Gasteiger partial charge < -0.3 is 35.1 Å². The second-order valence-corrected chi connectivity index (χ2v) is 9.66. The highest BCUT2D eigenvalue weighted by atomic mass is 16.5. The molecule has 39 heavy (non-hydrogen) atoms. The van der Waals surface area contributed by atoms with E-state index in [0.717, 1.165) is 36.1 Å². The summed E-state index contributed by atoms with van der Waals surface area (Å²) in [6.45, 7) is 4.09. The van der Waals surface area contributed by atoms with E-state index in [2.05, 4.69) is 32.9 Å². The molecule has 0 bridgehead atoms. The molecular weight excluding hydrogens is 494 g/mol. The molecule has 3 N–H and O–H groups in total. The third kappa shape index (κ3) is 6.15. The maximum absolute atomic E-state index is 12.7. The SMILES string of the molecule is COc1cc2nccc(Oc3cc(NC(=O)Nc4ccc(NC5CCN(C)C5)cc4)ccc3C)c2cc1OC. The fourth-order valence-corrected chi connectivity index (χ4v) is 4.67. The molecule has 4 aromatic rings. The number of hydrogen-bond acceptors (Lipinski definition) is 7. The number of methoxy groups -OCH3 is 2. The van der Waals surface area contributed by atoms with Gasteiger partial charge in [-0.05, 0) is 75.0 Å². The van der Waals surface area contributed by atoms with Gasteiger partial charge in [0.05, 0.1) is 19.7 Å². The van der Waals surface area contributed by atoms with E-state index in [-0.39, 0.29) is 6.03 Å². The molecule has 1 unspecified atom stereocenters. The number of amides is 2. The van der Waals surface area contributed by atoms with Gasteiger partial charge in [-0.3, -0.25) is 4.98 Å². The van der Waals surface area contributed by atoms with Crippen LogP contribution in [0.25, 0.3) is 10.9 Å². The minimum absolute atomic E-state index is 0.339. The van der Waals surface area contributed by atoms with Crippen LogP contribution in [0, 0.1) is 6.92 Å². The highest BCUT2D eigenvalue weighted by molar-refractivity contribution is 6.00. The van der Waals surface area contributed by atoms with E-state index < -0.39 is 0 Å². The third-order valence-corrected chi connectivity index (χ3v) is 6.78. The van der Waals surface area contributed by atoms with Crippen molar-refractivity contribution in [3.05, 3.63) is 72.4 Å². The second kappa shape index (κ2) is 11.5. The fraction of sp³-hybridized carbons (Fsp3) is 0.267. The number of carbonyl (C=O) groups is 1. The summed E-state index contributed by atoms with van der Waals surface area (Å²) in [7, 11) is 5.31. The Morgan fingerprint density at radius 1 is 0.872 bits per heavy atom. The number of rotatable bonds is 8. The Morgan fingerprint density at radius 2 is 1.56 bits per heavy atom. The van der Waals surface area contributed by atoms with Gasteiger partial charge in [-0.2, -0.15) is 0 Å². The minimum Gasteiger partial charge on any atom is -0.493 e. The van der Waals surface area contributed by atoms with Crippen LogP contribution in [-0.4, -0.2) is 56.3 Å². The van der Waals surface area contributed by atoms with Crippen LogP contribution in [0.2, 0.25) is 0 Å². The lowest BCUT2D eigenvalue weighted by atomic mass is 10.1. The van der Waals surface area contributed by atoms with Crippen LogP contribution in [0.1, 0.15) is 12.0 Å². The zero-order chi connectivity index (χ0) is 27.4. The molecule has 1 saturated heterocycles. The summed E-state index contributed by atoms with van der Waals surface area (Å²) in [5.41, 5.74) is 3.99. The maximum Gasteiger partial charge on any atom is 0.323 e. The summed E-state index contributed by atoms with van der Waals surface area (Å²) < 4.78 is 17.1. The summed E-state index contributed by atoms with van der Waals surface area (Å²) in [6.07, 6.45) is 2.81. The van der Waals surface area contributed by atoms with Gasteiger partial charge in [-0.15, -0.1) is 0 Å². The van der Waals surface area contributed by atoms with Crippen LogP contribution < -0.4 is 30.2 Å². The number of nitrogens with one attached hydrogen (secondary N) is 3. The number of fused-ring (bicyclic) bond motifs is 1. The molecular formula is C30H33N5O4. The van der Waals surface area contributed by atoms with Gasteiger partial charge in [0.15, 0.2) is 11.5 Å². The Bertz CT molecular complexity index is 1470. The lowest BCUT2D eigenvalue weighted by Crippen LogP contribution is -2.23. The molecule has 3 aromatic carbocycles. The van der Waals surface area contributed by atoms with Crippen molar-refractivity contribution >= 4 is 34.0 Å². The number of nitrogens with zero attached hydrogens (tertiary/aromatic N) is 2. The maximum atomic E-state index is 12.7. The number of likely N-dealkylation sites (tertiary alicyclic amines) is 1. The standard InChI is InChI=1S/C30H33N5O4/c1-19-5-6-22(34-30(36)33-21-9-7-20(8-10-21)32-23-12-14-35(2)18-23)15-27(19)39-26-11-13-31-25-17-29(38-4)28(37-3)16-24(25)26/h5-11,13,15-17,23,32H,12,14,18H2,1-4H3,(H2,33,34,36). The van der Waals surface area contributed by atoms with Crippen LogP contribution in [0.3, 0.4) is 0 Å². The number of benzene rings is 3. The molecule has 202 valence electrons. The molecule has 1 aromatic heterocycles. The molecule has 2 heterocycles. The summed E-state index contributed by atoms with van der Waals surface area (Å²) in [4.78, 5) is 19.5. The van der Waals surface area contributed by atoms with E-state index >= 15 is 0 Å². The largest absolute Gasteiger partial charge is 0.493 e. The molecule has 9 nitrogen and oxygen atoms in total. The monoisotopic (exact) mass is 527 g/mol. The lowest BCUT2D eigenvalue weighted by molar-refractivity contribution is 0.262. The van der Waals surface area contributed by atoms with E-state index in [9.17, 15) is 4.79 Å². The van der Waals surface area contributed by atoms with Gasteiger partial charge >= 0.3 is 6.03 Å². The quantitative estimate of drug-likeness (QED) is 0.254. The van der Waals surface area contributed by atoms with Gasteiger partial charge in [0.1, 0.15) is 11.5 Å². The van der Waals surface area contributed by atoms with Crippen LogP contribution in [0.15, 0.2) is 66.9 Å². The van der Waals surface area contributed by atoms with Gasteiger partial charge in [0.2, 0.25) is 0 Å². The average Bonchev–Trinajstić information content (AvgIpc) is 3.35. The van der Waals surface area contributed by atoms with Crippen molar-refractivity contribution in [2.24, 2.45) is 0 Å². The summed E-state index contributed by atoms with van der Waals surface area (Å²) >= 11 is 0. The van der Waals surface area contributed by atoms with E-state index in [0.29, 0.717) is 45.9 Å². The Labute approximate surface area is 228 Å². The topological polar surface area (TPSA) is 97.0 Å². The Hall–Kier alpha value is -4.50. The first-order chi connectivity index (χ1) is 18.9. The fourth-order valence-electron chi connectivity index (χ4n) is 4.67. The molecule has 2 amide bonds.